The normalized spacial score (nSPS) is 18.8. The molecule has 6 nitrogen and oxygen atoms in total. The second-order valence-electron chi connectivity index (χ2n) is 6.16. The van der Waals surface area contributed by atoms with Crippen molar-refractivity contribution in [2.24, 2.45) is 0 Å². The fraction of sp³-hybridized carbons (Fsp3) is 0.278. The molecule has 1 aliphatic rings. The Morgan fingerprint density at radius 1 is 1.28 bits per heavy atom. The summed E-state index contributed by atoms with van der Waals surface area (Å²) in [5, 5.41) is 14.9. The zero-order chi connectivity index (χ0) is 18.1. The van der Waals surface area contributed by atoms with E-state index in [-0.39, 0.29) is 23.7 Å². The molecule has 0 fully saturated rings. The van der Waals surface area contributed by atoms with E-state index in [1.807, 2.05) is 12.1 Å². The summed E-state index contributed by atoms with van der Waals surface area (Å²) in [7, 11) is 1.77. The topological polar surface area (TPSA) is 75.5 Å². The van der Waals surface area contributed by atoms with Crippen molar-refractivity contribution in [2.75, 3.05) is 12.4 Å². The Hall–Kier alpha value is -2.60. The lowest BCUT2D eigenvalue weighted by Gasteiger charge is -2.38. The molecule has 0 aromatic heterocycles. The van der Waals surface area contributed by atoms with Crippen molar-refractivity contribution in [1.82, 2.24) is 4.90 Å². The SMILES string of the molecule is CC(=O)N(C)[C@H]1C[C@@H](c2ccc([N+](=O)[O-])cc2)Nc2ccc(Cl)cc21. The molecule has 2 atom stereocenters. The Balaban J connectivity index is 1.97. The van der Waals surface area contributed by atoms with Crippen LogP contribution in [0.3, 0.4) is 0 Å². The number of hydrogen-bond donors (Lipinski definition) is 1. The fourth-order valence-electron chi connectivity index (χ4n) is 3.17. The monoisotopic (exact) mass is 359 g/mol. The third kappa shape index (κ3) is 3.44. The second-order valence-corrected chi connectivity index (χ2v) is 6.59. The first-order chi connectivity index (χ1) is 11.9. The van der Waals surface area contributed by atoms with E-state index in [9.17, 15) is 14.9 Å². The van der Waals surface area contributed by atoms with E-state index in [0.717, 1.165) is 16.8 Å². The lowest BCUT2D eigenvalue weighted by molar-refractivity contribution is -0.384. The van der Waals surface area contributed by atoms with Crippen molar-refractivity contribution < 1.29 is 9.72 Å². The Morgan fingerprint density at radius 3 is 2.56 bits per heavy atom. The van der Waals surface area contributed by atoms with Crippen LogP contribution in [0.25, 0.3) is 0 Å². The number of hydrogen-bond acceptors (Lipinski definition) is 4. The summed E-state index contributed by atoms with van der Waals surface area (Å²) in [4.78, 5) is 24.0. The number of fused-ring (bicyclic) bond motifs is 1. The van der Waals surface area contributed by atoms with E-state index >= 15 is 0 Å². The van der Waals surface area contributed by atoms with Crippen LogP contribution < -0.4 is 5.32 Å². The molecule has 2 aromatic carbocycles. The lowest BCUT2D eigenvalue weighted by Crippen LogP contribution is -2.34. The molecule has 0 saturated heterocycles. The highest BCUT2D eigenvalue weighted by atomic mass is 35.5. The molecule has 1 aliphatic heterocycles. The van der Waals surface area contributed by atoms with Crippen molar-refractivity contribution in [3.63, 3.8) is 0 Å². The number of nitrogens with zero attached hydrogens (tertiary/aromatic N) is 2. The van der Waals surface area contributed by atoms with Crippen LogP contribution in [0.5, 0.6) is 0 Å². The zero-order valence-corrected chi connectivity index (χ0v) is 14.7. The standard InChI is InChI=1S/C18H18ClN3O3/c1-11(23)21(2)18-10-17(12-3-6-14(7-4-12)22(24)25)20-16-8-5-13(19)9-15(16)18/h3-9,17-18,20H,10H2,1-2H3/t17-,18-/m0/s1. The van der Waals surface area contributed by atoms with Gasteiger partial charge in [0.1, 0.15) is 0 Å². The van der Waals surface area contributed by atoms with Gasteiger partial charge in [0, 0.05) is 36.8 Å². The first-order valence-corrected chi connectivity index (χ1v) is 8.28. The number of carbonyl (C=O) groups is 1. The number of benzene rings is 2. The average Bonchev–Trinajstić information content (AvgIpc) is 2.60. The Morgan fingerprint density at radius 2 is 1.96 bits per heavy atom. The van der Waals surface area contributed by atoms with Crippen LogP contribution in [-0.2, 0) is 4.79 Å². The zero-order valence-electron chi connectivity index (χ0n) is 13.9. The average molecular weight is 360 g/mol. The number of anilines is 1. The minimum Gasteiger partial charge on any atom is -0.378 e. The number of non-ortho nitro benzene ring substituents is 1. The minimum absolute atomic E-state index is 0.0275. The van der Waals surface area contributed by atoms with Crippen LogP contribution in [-0.4, -0.2) is 22.8 Å². The quantitative estimate of drug-likeness (QED) is 0.654. The van der Waals surface area contributed by atoms with Crippen LogP contribution in [0, 0.1) is 10.1 Å². The number of carbonyl (C=O) groups excluding carboxylic acids is 1. The van der Waals surface area contributed by atoms with Gasteiger partial charge in [0.05, 0.1) is 17.0 Å². The Kier molecular flexibility index (Phi) is 4.63. The molecule has 0 unspecified atom stereocenters. The summed E-state index contributed by atoms with van der Waals surface area (Å²) in [5.41, 5.74) is 2.89. The first-order valence-electron chi connectivity index (χ1n) is 7.90. The van der Waals surface area contributed by atoms with Gasteiger partial charge in [0.15, 0.2) is 0 Å². The van der Waals surface area contributed by atoms with Crippen LogP contribution in [0.1, 0.15) is 36.6 Å². The lowest BCUT2D eigenvalue weighted by atomic mass is 9.88. The van der Waals surface area contributed by atoms with Gasteiger partial charge in [-0.25, -0.2) is 0 Å². The highest BCUT2D eigenvalue weighted by Crippen LogP contribution is 2.42. The van der Waals surface area contributed by atoms with E-state index < -0.39 is 4.92 Å². The number of halogens is 1. The molecule has 0 aliphatic carbocycles. The Labute approximate surface area is 150 Å². The molecule has 25 heavy (non-hydrogen) atoms. The first kappa shape index (κ1) is 17.2. The predicted molar refractivity (Wildman–Crippen MR) is 96.7 cm³/mol. The molecule has 0 spiro atoms. The highest BCUT2D eigenvalue weighted by molar-refractivity contribution is 6.30. The van der Waals surface area contributed by atoms with Crippen molar-refractivity contribution in [2.45, 2.75) is 25.4 Å². The molecule has 0 saturated carbocycles. The molecular weight excluding hydrogens is 342 g/mol. The maximum absolute atomic E-state index is 11.9. The fourth-order valence-corrected chi connectivity index (χ4v) is 3.35. The summed E-state index contributed by atoms with van der Waals surface area (Å²) in [5.74, 6) is -0.0275. The van der Waals surface area contributed by atoms with E-state index in [1.165, 1.54) is 19.1 Å². The van der Waals surface area contributed by atoms with Crippen molar-refractivity contribution in [3.05, 3.63) is 68.7 Å². The van der Waals surface area contributed by atoms with Gasteiger partial charge < -0.3 is 10.2 Å². The van der Waals surface area contributed by atoms with Gasteiger partial charge in [-0.15, -0.1) is 0 Å². The highest BCUT2D eigenvalue weighted by Gasteiger charge is 2.31. The van der Waals surface area contributed by atoms with Crippen LogP contribution in [0.2, 0.25) is 5.02 Å². The maximum Gasteiger partial charge on any atom is 0.269 e. The van der Waals surface area contributed by atoms with Gasteiger partial charge >= 0.3 is 0 Å². The molecule has 0 radical (unpaired) electrons. The van der Waals surface area contributed by atoms with Crippen molar-refractivity contribution >= 4 is 28.9 Å². The van der Waals surface area contributed by atoms with Gasteiger partial charge in [-0.3, -0.25) is 14.9 Å². The molecule has 3 rings (SSSR count). The molecule has 2 aromatic rings. The number of rotatable bonds is 3. The second kappa shape index (κ2) is 6.72. The van der Waals surface area contributed by atoms with E-state index in [1.54, 1.807) is 30.1 Å². The van der Waals surface area contributed by atoms with E-state index in [4.69, 9.17) is 11.6 Å². The third-order valence-electron chi connectivity index (χ3n) is 4.63. The molecule has 130 valence electrons. The van der Waals surface area contributed by atoms with Gasteiger partial charge in [-0.2, -0.15) is 0 Å². The molecule has 7 heteroatoms. The largest absolute Gasteiger partial charge is 0.378 e. The molecular formula is C18H18ClN3O3. The molecule has 0 bridgehead atoms. The van der Waals surface area contributed by atoms with E-state index in [0.29, 0.717) is 11.4 Å². The smallest absolute Gasteiger partial charge is 0.269 e. The summed E-state index contributed by atoms with van der Waals surface area (Å²) in [6, 6.07) is 11.9. The van der Waals surface area contributed by atoms with Crippen LogP contribution >= 0.6 is 11.6 Å². The number of nitrogens with one attached hydrogen (secondary N) is 1. The van der Waals surface area contributed by atoms with Crippen molar-refractivity contribution in [3.8, 4) is 0 Å². The molecule has 1 amide bonds. The third-order valence-corrected chi connectivity index (χ3v) is 4.87. The summed E-state index contributed by atoms with van der Waals surface area (Å²) >= 11 is 6.13. The predicted octanol–water partition coefficient (Wildman–Crippen LogP) is 4.32. The van der Waals surface area contributed by atoms with Crippen molar-refractivity contribution in [1.29, 1.82) is 0 Å². The van der Waals surface area contributed by atoms with Gasteiger partial charge in [0.2, 0.25) is 5.91 Å². The van der Waals surface area contributed by atoms with Gasteiger partial charge in [0.25, 0.3) is 5.69 Å². The number of amides is 1. The van der Waals surface area contributed by atoms with E-state index in [2.05, 4.69) is 5.32 Å². The number of nitro benzene ring substituents is 1. The summed E-state index contributed by atoms with van der Waals surface area (Å²) < 4.78 is 0. The number of nitro groups is 1. The Bertz CT molecular complexity index is 823. The minimum atomic E-state index is -0.415. The summed E-state index contributed by atoms with van der Waals surface area (Å²) in [6.45, 7) is 1.53. The maximum atomic E-state index is 11.9. The van der Waals surface area contributed by atoms with Gasteiger partial charge in [-0.1, -0.05) is 23.7 Å². The van der Waals surface area contributed by atoms with Crippen LogP contribution in [0.15, 0.2) is 42.5 Å². The molecule has 1 heterocycles. The molecule has 1 N–H and O–H groups in total. The summed E-state index contributed by atoms with van der Waals surface area (Å²) in [6.07, 6.45) is 0.654. The van der Waals surface area contributed by atoms with Gasteiger partial charge in [-0.05, 0) is 35.7 Å². The van der Waals surface area contributed by atoms with Crippen LogP contribution in [0.4, 0.5) is 11.4 Å².